The molecule has 138 valence electrons. The van der Waals surface area contributed by atoms with Gasteiger partial charge in [0.2, 0.25) is 0 Å². The average Bonchev–Trinajstić information content (AvgIpc) is 2.94. The third kappa shape index (κ3) is 3.27. The lowest BCUT2D eigenvalue weighted by Crippen LogP contribution is -2.14. The second-order valence-corrected chi connectivity index (χ2v) is 8.06. The van der Waals surface area contributed by atoms with E-state index in [2.05, 4.69) is 4.72 Å². The van der Waals surface area contributed by atoms with Crippen LogP contribution in [0.1, 0.15) is 6.92 Å². The standard InChI is InChI=1S/C17H18N2O5S2/c1-4-19-13-7-5-11(9-15(13)25-17(19)20)18-26(21,22)16-10-12(23-2)6-8-14(16)24-3/h5-10,18H,4H2,1-3H3. The van der Waals surface area contributed by atoms with E-state index in [4.69, 9.17) is 9.47 Å². The van der Waals surface area contributed by atoms with Crippen LogP contribution in [0.3, 0.4) is 0 Å². The smallest absolute Gasteiger partial charge is 0.308 e. The van der Waals surface area contributed by atoms with Gasteiger partial charge in [-0.05, 0) is 37.3 Å². The van der Waals surface area contributed by atoms with Gasteiger partial charge in [-0.3, -0.25) is 14.1 Å². The Kier molecular flexibility index (Phi) is 4.92. The van der Waals surface area contributed by atoms with Gasteiger partial charge < -0.3 is 9.47 Å². The molecule has 0 aliphatic carbocycles. The van der Waals surface area contributed by atoms with Gasteiger partial charge in [-0.2, -0.15) is 0 Å². The number of aromatic nitrogens is 1. The number of ether oxygens (including phenoxy) is 2. The summed E-state index contributed by atoms with van der Waals surface area (Å²) in [4.78, 5) is 11.9. The predicted octanol–water partition coefficient (Wildman–Crippen LogP) is 2.90. The molecule has 0 unspecified atom stereocenters. The summed E-state index contributed by atoms with van der Waals surface area (Å²) in [6, 6.07) is 9.56. The van der Waals surface area contributed by atoms with Crippen LogP contribution in [-0.2, 0) is 16.6 Å². The highest BCUT2D eigenvalue weighted by atomic mass is 32.2. The number of methoxy groups -OCH3 is 2. The minimum absolute atomic E-state index is 0.0289. The van der Waals surface area contributed by atoms with E-state index in [0.29, 0.717) is 18.0 Å². The van der Waals surface area contributed by atoms with Crippen LogP contribution in [0.4, 0.5) is 5.69 Å². The van der Waals surface area contributed by atoms with Crippen molar-refractivity contribution in [1.82, 2.24) is 4.57 Å². The fourth-order valence-electron chi connectivity index (χ4n) is 2.63. The van der Waals surface area contributed by atoms with E-state index in [-0.39, 0.29) is 15.5 Å². The van der Waals surface area contributed by atoms with Crippen molar-refractivity contribution in [3.05, 3.63) is 46.1 Å². The van der Waals surface area contributed by atoms with Gasteiger partial charge in [0, 0.05) is 12.6 Å². The maximum Gasteiger partial charge on any atom is 0.308 e. The molecule has 0 radical (unpaired) electrons. The topological polar surface area (TPSA) is 86.6 Å². The van der Waals surface area contributed by atoms with Crippen LogP contribution in [-0.4, -0.2) is 27.2 Å². The van der Waals surface area contributed by atoms with Gasteiger partial charge in [0.05, 0.1) is 30.1 Å². The monoisotopic (exact) mass is 394 g/mol. The SMILES string of the molecule is CCn1c(=O)sc2cc(NS(=O)(=O)c3cc(OC)ccc3OC)ccc21. The Hall–Kier alpha value is -2.52. The first-order chi connectivity index (χ1) is 12.4. The van der Waals surface area contributed by atoms with Gasteiger partial charge in [0.15, 0.2) is 0 Å². The minimum Gasteiger partial charge on any atom is -0.497 e. The van der Waals surface area contributed by atoms with E-state index in [1.165, 1.54) is 26.4 Å². The molecule has 26 heavy (non-hydrogen) atoms. The molecule has 0 amide bonds. The molecule has 9 heteroatoms. The molecular formula is C17H18N2O5S2. The first-order valence-corrected chi connectivity index (χ1v) is 10.1. The summed E-state index contributed by atoms with van der Waals surface area (Å²) >= 11 is 1.08. The van der Waals surface area contributed by atoms with Gasteiger partial charge in [0.1, 0.15) is 16.4 Å². The van der Waals surface area contributed by atoms with Crippen LogP contribution < -0.4 is 19.1 Å². The lowest BCUT2D eigenvalue weighted by atomic mass is 10.3. The Morgan fingerprint density at radius 1 is 1.12 bits per heavy atom. The number of thiazole rings is 1. The zero-order valence-electron chi connectivity index (χ0n) is 14.5. The van der Waals surface area contributed by atoms with E-state index in [1.807, 2.05) is 6.92 Å². The second-order valence-electron chi connectivity index (χ2n) is 5.42. The molecule has 1 N–H and O–H groups in total. The number of nitrogens with zero attached hydrogens (tertiary/aromatic N) is 1. The molecule has 0 fully saturated rings. The third-order valence-electron chi connectivity index (χ3n) is 3.90. The number of rotatable bonds is 6. The van der Waals surface area contributed by atoms with Crippen LogP contribution in [0.2, 0.25) is 0 Å². The summed E-state index contributed by atoms with van der Waals surface area (Å²) in [7, 11) is -1.04. The maximum atomic E-state index is 12.8. The Bertz CT molecular complexity index is 1120. The Morgan fingerprint density at radius 3 is 2.54 bits per heavy atom. The number of benzene rings is 2. The number of anilines is 1. The fraction of sp³-hybridized carbons (Fsp3) is 0.235. The minimum atomic E-state index is -3.90. The zero-order valence-corrected chi connectivity index (χ0v) is 16.1. The molecule has 1 heterocycles. The van der Waals surface area contributed by atoms with E-state index < -0.39 is 10.0 Å². The molecule has 0 bridgehead atoms. The van der Waals surface area contributed by atoms with Crippen molar-refractivity contribution in [3.8, 4) is 11.5 Å². The molecule has 0 aliphatic heterocycles. The maximum absolute atomic E-state index is 12.8. The third-order valence-corrected chi connectivity index (χ3v) is 6.24. The highest BCUT2D eigenvalue weighted by Gasteiger charge is 2.21. The van der Waals surface area contributed by atoms with Crippen LogP contribution >= 0.6 is 11.3 Å². The number of sulfonamides is 1. The van der Waals surface area contributed by atoms with Crippen LogP contribution in [0.25, 0.3) is 10.2 Å². The highest BCUT2D eigenvalue weighted by molar-refractivity contribution is 7.92. The number of nitrogens with one attached hydrogen (secondary N) is 1. The van der Waals surface area contributed by atoms with Crippen LogP contribution in [0.5, 0.6) is 11.5 Å². The van der Waals surface area contributed by atoms with Crippen molar-refractivity contribution in [2.45, 2.75) is 18.4 Å². The van der Waals surface area contributed by atoms with Gasteiger partial charge in [0.25, 0.3) is 10.0 Å². The van der Waals surface area contributed by atoms with Crippen molar-refractivity contribution in [2.75, 3.05) is 18.9 Å². The molecule has 3 aromatic rings. The van der Waals surface area contributed by atoms with Crippen molar-refractivity contribution < 1.29 is 17.9 Å². The Labute approximate surface area is 154 Å². The van der Waals surface area contributed by atoms with Crippen LogP contribution in [0, 0.1) is 0 Å². The van der Waals surface area contributed by atoms with E-state index >= 15 is 0 Å². The zero-order chi connectivity index (χ0) is 18.9. The summed E-state index contributed by atoms with van der Waals surface area (Å²) < 4.78 is 40.8. The number of hydrogen-bond donors (Lipinski definition) is 1. The van der Waals surface area contributed by atoms with Gasteiger partial charge in [-0.25, -0.2) is 8.42 Å². The summed E-state index contributed by atoms with van der Waals surface area (Å²) in [5, 5.41) is 0. The van der Waals surface area contributed by atoms with Crippen molar-refractivity contribution >= 4 is 37.3 Å². The van der Waals surface area contributed by atoms with E-state index in [0.717, 1.165) is 21.6 Å². The Balaban J connectivity index is 2.02. The summed E-state index contributed by atoms with van der Waals surface area (Å²) in [5.41, 5.74) is 1.15. The predicted molar refractivity (Wildman–Crippen MR) is 102 cm³/mol. The van der Waals surface area contributed by atoms with Gasteiger partial charge in [-0.1, -0.05) is 11.3 Å². The van der Waals surface area contributed by atoms with Gasteiger partial charge >= 0.3 is 4.87 Å². The normalized spacial score (nSPS) is 11.5. The van der Waals surface area contributed by atoms with Gasteiger partial charge in [-0.15, -0.1) is 0 Å². The second kappa shape index (κ2) is 7.00. The van der Waals surface area contributed by atoms with E-state index in [1.54, 1.807) is 28.8 Å². The van der Waals surface area contributed by atoms with E-state index in [9.17, 15) is 13.2 Å². The molecule has 0 atom stereocenters. The number of aryl methyl sites for hydroxylation is 1. The lowest BCUT2D eigenvalue weighted by Gasteiger charge is -2.13. The fourth-order valence-corrected chi connectivity index (χ4v) is 4.86. The Morgan fingerprint density at radius 2 is 1.88 bits per heavy atom. The molecular weight excluding hydrogens is 376 g/mol. The molecule has 0 aliphatic rings. The highest BCUT2D eigenvalue weighted by Crippen LogP contribution is 2.30. The van der Waals surface area contributed by atoms with Crippen molar-refractivity contribution in [3.63, 3.8) is 0 Å². The number of hydrogen-bond acceptors (Lipinski definition) is 6. The quantitative estimate of drug-likeness (QED) is 0.695. The average molecular weight is 394 g/mol. The largest absolute Gasteiger partial charge is 0.497 e. The van der Waals surface area contributed by atoms with Crippen molar-refractivity contribution in [1.29, 1.82) is 0 Å². The molecule has 1 aromatic heterocycles. The first-order valence-electron chi connectivity index (χ1n) is 7.78. The number of fused-ring (bicyclic) bond motifs is 1. The summed E-state index contributed by atoms with van der Waals surface area (Å²) in [6.45, 7) is 2.45. The first kappa shape index (κ1) is 18.3. The molecule has 7 nitrogen and oxygen atoms in total. The summed E-state index contributed by atoms with van der Waals surface area (Å²) in [6.07, 6.45) is 0. The molecule has 2 aromatic carbocycles. The molecule has 0 saturated carbocycles. The molecule has 0 saturated heterocycles. The summed E-state index contributed by atoms with van der Waals surface area (Å²) in [5.74, 6) is 0.612. The van der Waals surface area contributed by atoms with Crippen LogP contribution in [0.15, 0.2) is 46.1 Å². The molecule has 0 spiro atoms. The van der Waals surface area contributed by atoms with Crippen molar-refractivity contribution in [2.24, 2.45) is 0 Å². The lowest BCUT2D eigenvalue weighted by molar-refractivity contribution is 0.392. The molecule has 3 rings (SSSR count).